The fraction of sp³-hybridized carbons (Fsp3) is 0.300. The number of hydrogen-bond acceptors (Lipinski definition) is 4. The van der Waals surface area contributed by atoms with E-state index in [9.17, 15) is 4.79 Å². The molecule has 0 bridgehead atoms. The van der Waals surface area contributed by atoms with E-state index in [1.807, 2.05) is 31.2 Å². The highest BCUT2D eigenvalue weighted by Crippen LogP contribution is 2.28. The second-order valence-electron chi connectivity index (χ2n) is 5.89. The average Bonchev–Trinajstić information content (AvgIpc) is 2.67. The van der Waals surface area contributed by atoms with Gasteiger partial charge in [-0.05, 0) is 36.2 Å². The van der Waals surface area contributed by atoms with E-state index in [0.717, 1.165) is 17.7 Å². The SMILES string of the molecule is CCCC(=O)Nc1ccc(CN=C(N)Nc2cc(OC)ccc2OC)cc1.I. The molecule has 4 N–H and O–H groups in total. The highest BCUT2D eigenvalue weighted by atomic mass is 127. The van der Waals surface area contributed by atoms with Gasteiger partial charge in [0.1, 0.15) is 11.5 Å². The van der Waals surface area contributed by atoms with Crippen molar-refractivity contribution in [3.05, 3.63) is 48.0 Å². The molecule has 0 aromatic heterocycles. The van der Waals surface area contributed by atoms with Gasteiger partial charge in [-0.3, -0.25) is 4.79 Å². The lowest BCUT2D eigenvalue weighted by Gasteiger charge is -2.12. The van der Waals surface area contributed by atoms with Crippen molar-refractivity contribution >= 4 is 47.2 Å². The molecule has 8 heteroatoms. The van der Waals surface area contributed by atoms with Crippen LogP contribution in [0.2, 0.25) is 0 Å². The van der Waals surface area contributed by atoms with Crippen molar-refractivity contribution < 1.29 is 14.3 Å². The van der Waals surface area contributed by atoms with E-state index in [0.29, 0.717) is 30.2 Å². The Morgan fingerprint density at radius 2 is 1.79 bits per heavy atom. The molecular weight excluding hydrogens is 471 g/mol. The molecule has 0 aliphatic rings. The summed E-state index contributed by atoms with van der Waals surface area (Å²) in [5.74, 6) is 1.61. The summed E-state index contributed by atoms with van der Waals surface area (Å²) in [6.45, 7) is 2.38. The molecule has 2 rings (SSSR count). The molecule has 0 aliphatic carbocycles. The maximum Gasteiger partial charge on any atom is 0.224 e. The number of rotatable bonds is 8. The molecule has 0 atom stereocenters. The fourth-order valence-corrected chi connectivity index (χ4v) is 2.41. The highest BCUT2D eigenvalue weighted by molar-refractivity contribution is 14.0. The number of carbonyl (C=O) groups is 1. The minimum Gasteiger partial charge on any atom is -0.497 e. The third-order valence-corrected chi connectivity index (χ3v) is 3.82. The zero-order valence-electron chi connectivity index (χ0n) is 16.3. The molecule has 1 amide bonds. The van der Waals surface area contributed by atoms with Crippen LogP contribution >= 0.6 is 24.0 Å². The van der Waals surface area contributed by atoms with Gasteiger partial charge in [0, 0.05) is 18.2 Å². The number of aliphatic imine (C=N–C) groups is 1. The molecule has 0 radical (unpaired) electrons. The van der Waals surface area contributed by atoms with E-state index in [2.05, 4.69) is 15.6 Å². The van der Waals surface area contributed by atoms with Crippen molar-refractivity contribution in [2.75, 3.05) is 24.9 Å². The zero-order chi connectivity index (χ0) is 19.6. The first-order valence-corrected chi connectivity index (χ1v) is 8.73. The van der Waals surface area contributed by atoms with Crippen LogP contribution in [-0.2, 0) is 11.3 Å². The van der Waals surface area contributed by atoms with Crippen LogP contribution in [0.3, 0.4) is 0 Å². The third kappa shape index (κ3) is 7.26. The monoisotopic (exact) mass is 498 g/mol. The van der Waals surface area contributed by atoms with E-state index >= 15 is 0 Å². The fourth-order valence-electron chi connectivity index (χ4n) is 2.41. The Balaban J connectivity index is 0.00000392. The van der Waals surface area contributed by atoms with Crippen molar-refractivity contribution in [2.24, 2.45) is 10.7 Å². The summed E-state index contributed by atoms with van der Waals surface area (Å²) in [5.41, 5.74) is 8.41. The molecule has 0 fully saturated rings. The van der Waals surface area contributed by atoms with Gasteiger partial charge in [-0.15, -0.1) is 24.0 Å². The number of methoxy groups -OCH3 is 2. The van der Waals surface area contributed by atoms with Crippen molar-refractivity contribution in [1.82, 2.24) is 0 Å². The van der Waals surface area contributed by atoms with Crippen LogP contribution < -0.4 is 25.8 Å². The summed E-state index contributed by atoms with van der Waals surface area (Å²) in [4.78, 5) is 15.9. The number of hydrogen-bond donors (Lipinski definition) is 3. The van der Waals surface area contributed by atoms with Crippen LogP contribution in [0.5, 0.6) is 11.5 Å². The number of ether oxygens (including phenoxy) is 2. The smallest absolute Gasteiger partial charge is 0.224 e. The van der Waals surface area contributed by atoms with Crippen molar-refractivity contribution in [3.8, 4) is 11.5 Å². The second kappa shape index (κ2) is 12.1. The van der Waals surface area contributed by atoms with Gasteiger partial charge >= 0.3 is 0 Å². The number of anilines is 2. The van der Waals surface area contributed by atoms with Gasteiger partial charge in [0.25, 0.3) is 0 Å². The van der Waals surface area contributed by atoms with E-state index < -0.39 is 0 Å². The molecule has 152 valence electrons. The molecular formula is C20H27IN4O3. The molecule has 28 heavy (non-hydrogen) atoms. The van der Waals surface area contributed by atoms with Gasteiger partial charge in [-0.2, -0.15) is 0 Å². The van der Waals surface area contributed by atoms with E-state index in [1.165, 1.54) is 0 Å². The van der Waals surface area contributed by atoms with Crippen LogP contribution in [0, 0.1) is 0 Å². The number of carbonyl (C=O) groups excluding carboxylic acids is 1. The third-order valence-electron chi connectivity index (χ3n) is 3.82. The number of halogens is 1. The summed E-state index contributed by atoms with van der Waals surface area (Å²) in [6.07, 6.45) is 1.34. The van der Waals surface area contributed by atoms with E-state index in [-0.39, 0.29) is 35.8 Å². The summed E-state index contributed by atoms with van der Waals surface area (Å²) < 4.78 is 10.5. The van der Waals surface area contributed by atoms with Gasteiger partial charge < -0.3 is 25.8 Å². The molecule has 2 aromatic rings. The number of amides is 1. The van der Waals surface area contributed by atoms with Crippen molar-refractivity contribution in [1.29, 1.82) is 0 Å². The maximum absolute atomic E-state index is 11.6. The molecule has 0 spiro atoms. The zero-order valence-corrected chi connectivity index (χ0v) is 18.7. The standard InChI is InChI=1S/C20H26N4O3.HI/c1-4-5-19(25)23-15-8-6-14(7-9-15)13-22-20(21)24-17-12-16(26-2)10-11-18(17)27-3;/h6-12H,4-5,13H2,1-3H3,(H,23,25)(H3,21,22,24);1H. The Kier molecular flexibility index (Phi) is 10.1. The number of nitrogens with one attached hydrogen (secondary N) is 2. The van der Waals surface area contributed by atoms with Gasteiger partial charge in [-0.25, -0.2) is 4.99 Å². The minimum atomic E-state index is 0. The van der Waals surface area contributed by atoms with Gasteiger partial charge in [0.05, 0.1) is 26.5 Å². The molecule has 0 heterocycles. The Morgan fingerprint density at radius 3 is 2.39 bits per heavy atom. The normalized spacial score (nSPS) is 10.6. The van der Waals surface area contributed by atoms with Gasteiger partial charge in [0.15, 0.2) is 5.96 Å². The Bertz CT molecular complexity index is 795. The lowest BCUT2D eigenvalue weighted by Crippen LogP contribution is -2.23. The first-order chi connectivity index (χ1) is 13.0. The summed E-state index contributed by atoms with van der Waals surface area (Å²) in [7, 11) is 3.18. The molecule has 2 aromatic carbocycles. The first-order valence-electron chi connectivity index (χ1n) is 8.73. The van der Waals surface area contributed by atoms with Crippen LogP contribution in [-0.4, -0.2) is 26.1 Å². The maximum atomic E-state index is 11.6. The quantitative estimate of drug-likeness (QED) is 0.291. The molecule has 0 saturated heterocycles. The van der Waals surface area contributed by atoms with E-state index in [1.54, 1.807) is 32.4 Å². The first kappa shape index (κ1) is 23.5. The molecule has 0 aliphatic heterocycles. The predicted octanol–water partition coefficient (Wildman–Crippen LogP) is 3.99. The molecule has 0 saturated carbocycles. The van der Waals surface area contributed by atoms with Gasteiger partial charge in [0.2, 0.25) is 5.91 Å². The number of nitrogens with two attached hydrogens (primary N) is 1. The van der Waals surface area contributed by atoms with E-state index in [4.69, 9.17) is 15.2 Å². The second-order valence-corrected chi connectivity index (χ2v) is 5.89. The van der Waals surface area contributed by atoms with Crippen molar-refractivity contribution in [2.45, 2.75) is 26.3 Å². The number of benzene rings is 2. The molecule has 7 nitrogen and oxygen atoms in total. The highest BCUT2D eigenvalue weighted by Gasteiger charge is 2.06. The number of guanidine groups is 1. The van der Waals surface area contributed by atoms with Crippen LogP contribution in [0.1, 0.15) is 25.3 Å². The Hall–Kier alpha value is -2.49. The Labute approximate surface area is 182 Å². The summed E-state index contributed by atoms with van der Waals surface area (Å²) >= 11 is 0. The van der Waals surface area contributed by atoms with Crippen LogP contribution in [0.4, 0.5) is 11.4 Å². The van der Waals surface area contributed by atoms with Crippen molar-refractivity contribution in [3.63, 3.8) is 0 Å². The van der Waals surface area contributed by atoms with Crippen LogP contribution in [0.15, 0.2) is 47.5 Å². The minimum absolute atomic E-state index is 0. The van der Waals surface area contributed by atoms with Crippen LogP contribution in [0.25, 0.3) is 0 Å². The lowest BCUT2D eigenvalue weighted by molar-refractivity contribution is -0.116. The topological polar surface area (TPSA) is 98.0 Å². The predicted molar refractivity (Wildman–Crippen MR) is 124 cm³/mol. The molecule has 0 unspecified atom stereocenters. The Morgan fingerprint density at radius 1 is 1.07 bits per heavy atom. The summed E-state index contributed by atoms with van der Waals surface area (Å²) in [6, 6.07) is 12.9. The largest absolute Gasteiger partial charge is 0.497 e. The number of nitrogens with zero attached hydrogens (tertiary/aromatic N) is 1. The average molecular weight is 498 g/mol. The van der Waals surface area contributed by atoms with Gasteiger partial charge in [-0.1, -0.05) is 19.1 Å². The summed E-state index contributed by atoms with van der Waals surface area (Å²) in [5, 5.41) is 5.88. The lowest BCUT2D eigenvalue weighted by atomic mass is 10.2.